The predicted octanol–water partition coefficient (Wildman–Crippen LogP) is 4.48. The van der Waals surface area contributed by atoms with Crippen LogP contribution in [0.3, 0.4) is 0 Å². The van der Waals surface area contributed by atoms with E-state index in [1.165, 1.54) is 21.1 Å². The first-order chi connectivity index (χ1) is 13.2. The summed E-state index contributed by atoms with van der Waals surface area (Å²) < 4.78 is 49.3. The van der Waals surface area contributed by atoms with Crippen LogP contribution in [0.5, 0.6) is 11.5 Å². The van der Waals surface area contributed by atoms with Crippen LogP contribution in [0, 0.1) is 6.92 Å². The molecule has 0 unspecified atom stereocenters. The molecule has 1 amide bonds. The Morgan fingerprint density at radius 1 is 1.21 bits per heavy atom. The van der Waals surface area contributed by atoms with Gasteiger partial charge < -0.3 is 20.5 Å². The van der Waals surface area contributed by atoms with Crippen molar-refractivity contribution in [3.05, 3.63) is 40.4 Å². The van der Waals surface area contributed by atoms with Crippen LogP contribution in [-0.4, -0.2) is 25.1 Å². The maximum atomic E-state index is 13.0. The molecule has 0 aliphatic carbocycles. The van der Waals surface area contributed by atoms with Gasteiger partial charge in [-0.2, -0.15) is 13.2 Å². The Kier molecular flexibility index (Phi) is 5.07. The van der Waals surface area contributed by atoms with Gasteiger partial charge in [-0.15, -0.1) is 11.3 Å². The Morgan fingerprint density at radius 2 is 1.93 bits per heavy atom. The highest BCUT2D eigenvalue weighted by Gasteiger charge is 2.34. The number of methoxy groups -OCH3 is 2. The van der Waals surface area contributed by atoms with E-state index < -0.39 is 17.8 Å². The number of ether oxygens (including phenoxy) is 2. The number of pyridine rings is 1. The molecule has 10 heteroatoms. The zero-order valence-electron chi connectivity index (χ0n) is 15.1. The fourth-order valence-electron chi connectivity index (χ4n) is 2.70. The number of nitrogens with one attached hydrogen (secondary N) is 1. The maximum Gasteiger partial charge on any atom is 0.433 e. The lowest BCUT2D eigenvalue weighted by Crippen LogP contribution is -2.12. The van der Waals surface area contributed by atoms with Crippen LogP contribution in [0.1, 0.15) is 20.9 Å². The van der Waals surface area contributed by atoms with E-state index in [1.54, 1.807) is 18.2 Å². The van der Waals surface area contributed by atoms with Crippen molar-refractivity contribution < 1.29 is 27.4 Å². The number of fused-ring (bicyclic) bond motifs is 1. The van der Waals surface area contributed by atoms with Crippen molar-refractivity contribution in [1.82, 2.24) is 4.98 Å². The molecule has 3 aromatic rings. The molecule has 0 bridgehead atoms. The number of hydrogen-bond donors (Lipinski definition) is 2. The quantitative estimate of drug-likeness (QED) is 0.661. The first-order valence-electron chi connectivity index (χ1n) is 7.96. The lowest BCUT2D eigenvalue weighted by Gasteiger charge is -2.11. The molecule has 0 aliphatic rings. The fourth-order valence-corrected chi connectivity index (χ4v) is 3.77. The third kappa shape index (κ3) is 3.55. The summed E-state index contributed by atoms with van der Waals surface area (Å²) in [6.45, 7) is 1.50. The number of aromatic nitrogens is 1. The highest BCUT2D eigenvalue weighted by molar-refractivity contribution is 7.21. The van der Waals surface area contributed by atoms with Crippen LogP contribution >= 0.6 is 11.3 Å². The van der Waals surface area contributed by atoms with Gasteiger partial charge in [-0.25, -0.2) is 4.98 Å². The first kappa shape index (κ1) is 19.7. The summed E-state index contributed by atoms with van der Waals surface area (Å²) in [6, 6.07) is 5.73. The number of rotatable bonds is 4. The predicted molar refractivity (Wildman–Crippen MR) is 101 cm³/mol. The number of aryl methyl sites for hydroxylation is 1. The number of nitrogens with zero attached hydrogens (tertiary/aromatic N) is 1. The highest BCUT2D eigenvalue weighted by atomic mass is 32.1. The minimum absolute atomic E-state index is 0.0525. The molecule has 0 fully saturated rings. The normalized spacial score (nSPS) is 11.5. The van der Waals surface area contributed by atoms with Gasteiger partial charge in [0.25, 0.3) is 5.91 Å². The van der Waals surface area contributed by atoms with Crippen molar-refractivity contribution in [2.45, 2.75) is 13.1 Å². The van der Waals surface area contributed by atoms with E-state index in [2.05, 4.69) is 10.3 Å². The molecule has 148 valence electrons. The number of halogens is 3. The fraction of sp³-hybridized carbons (Fsp3) is 0.222. The number of carbonyl (C=O) groups excluding carboxylic acids is 1. The number of carbonyl (C=O) groups is 1. The largest absolute Gasteiger partial charge is 0.497 e. The number of alkyl halides is 3. The second-order valence-corrected chi connectivity index (χ2v) is 6.87. The van der Waals surface area contributed by atoms with E-state index >= 15 is 0 Å². The average Bonchev–Trinajstić information content (AvgIpc) is 2.98. The second-order valence-electron chi connectivity index (χ2n) is 5.87. The smallest absolute Gasteiger partial charge is 0.433 e. The van der Waals surface area contributed by atoms with E-state index in [0.29, 0.717) is 28.1 Å². The maximum absolute atomic E-state index is 13.0. The zero-order valence-corrected chi connectivity index (χ0v) is 15.9. The lowest BCUT2D eigenvalue weighted by molar-refractivity contribution is -0.141. The third-order valence-electron chi connectivity index (χ3n) is 4.05. The van der Waals surface area contributed by atoms with E-state index in [9.17, 15) is 18.0 Å². The molecule has 2 heterocycles. The van der Waals surface area contributed by atoms with Crippen LogP contribution in [-0.2, 0) is 6.18 Å². The van der Waals surface area contributed by atoms with Crippen molar-refractivity contribution in [1.29, 1.82) is 0 Å². The number of nitrogen functional groups attached to an aromatic ring is 1. The van der Waals surface area contributed by atoms with Gasteiger partial charge >= 0.3 is 6.18 Å². The lowest BCUT2D eigenvalue weighted by atomic mass is 10.1. The molecule has 1 aromatic carbocycles. The first-order valence-corrected chi connectivity index (χ1v) is 8.77. The molecular weight excluding hydrogens is 395 g/mol. The van der Waals surface area contributed by atoms with Gasteiger partial charge in [0.1, 0.15) is 26.9 Å². The Balaban J connectivity index is 2.01. The number of anilines is 2. The van der Waals surface area contributed by atoms with E-state index in [0.717, 1.165) is 17.4 Å². The van der Waals surface area contributed by atoms with Crippen LogP contribution < -0.4 is 20.5 Å². The molecule has 0 saturated heterocycles. The molecule has 2 aromatic heterocycles. The average molecular weight is 411 g/mol. The second kappa shape index (κ2) is 7.19. The Hall–Kier alpha value is -3.01. The van der Waals surface area contributed by atoms with Crippen LogP contribution in [0.25, 0.3) is 10.2 Å². The Labute approximate surface area is 162 Å². The highest BCUT2D eigenvalue weighted by Crippen LogP contribution is 2.39. The molecule has 0 saturated carbocycles. The molecular formula is C18H16F3N3O3S. The molecule has 0 aliphatic heterocycles. The number of benzene rings is 1. The van der Waals surface area contributed by atoms with Gasteiger partial charge in [0, 0.05) is 11.5 Å². The molecule has 6 nitrogen and oxygen atoms in total. The number of nitrogens with two attached hydrogens (primary N) is 1. The summed E-state index contributed by atoms with van der Waals surface area (Å²) in [5.41, 5.74) is 5.77. The van der Waals surface area contributed by atoms with Gasteiger partial charge in [-0.05, 0) is 30.7 Å². The minimum atomic E-state index is -4.59. The van der Waals surface area contributed by atoms with Crippen molar-refractivity contribution in [2.24, 2.45) is 0 Å². The molecule has 28 heavy (non-hydrogen) atoms. The summed E-state index contributed by atoms with van der Waals surface area (Å²) in [5, 5.41) is 2.99. The van der Waals surface area contributed by atoms with Gasteiger partial charge in [0.05, 0.1) is 25.6 Å². The standard InChI is InChI=1S/C18H16F3N3O3S/c1-8-6-12(18(19,20)21)24-17-13(8)14(22)15(28-17)16(25)23-10-5-4-9(26-2)7-11(10)27-3/h4-7H,22H2,1-3H3,(H,23,25). The zero-order chi connectivity index (χ0) is 20.6. The summed E-state index contributed by atoms with van der Waals surface area (Å²) >= 11 is 0.803. The van der Waals surface area contributed by atoms with Crippen molar-refractivity contribution in [3.63, 3.8) is 0 Å². The molecule has 0 atom stereocenters. The van der Waals surface area contributed by atoms with Gasteiger partial charge in [-0.3, -0.25) is 4.79 Å². The Bertz CT molecular complexity index is 1060. The summed E-state index contributed by atoms with van der Waals surface area (Å²) in [4.78, 5) is 16.5. The summed E-state index contributed by atoms with van der Waals surface area (Å²) in [5.74, 6) is 0.328. The molecule has 3 N–H and O–H groups in total. The van der Waals surface area contributed by atoms with Crippen LogP contribution in [0.2, 0.25) is 0 Å². The summed E-state index contributed by atoms with van der Waals surface area (Å²) in [6.07, 6.45) is -4.59. The molecule has 0 radical (unpaired) electrons. The Morgan fingerprint density at radius 3 is 2.54 bits per heavy atom. The van der Waals surface area contributed by atoms with E-state index in [4.69, 9.17) is 15.2 Å². The van der Waals surface area contributed by atoms with Gasteiger partial charge in [0.15, 0.2) is 0 Å². The van der Waals surface area contributed by atoms with Gasteiger partial charge in [-0.1, -0.05) is 0 Å². The van der Waals surface area contributed by atoms with Crippen LogP contribution in [0.15, 0.2) is 24.3 Å². The third-order valence-corrected chi connectivity index (χ3v) is 5.15. The number of hydrogen-bond acceptors (Lipinski definition) is 6. The number of amides is 1. The van der Waals surface area contributed by atoms with Gasteiger partial charge in [0.2, 0.25) is 0 Å². The van der Waals surface area contributed by atoms with Crippen LogP contribution in [0.4, 0.5) is 24.5 Å². The number of thiophene rings is 1. The van der Waals surface area contributed by atoms with Crippen molar-refractivity contribution in [3.8, 4) is 11.5 Å². The monoisotopic (exact) mass is 411 g/mol. The molecule has 0 spiro atoms. The van der Waals surface area contributed by atoms with E-state index in [1.807, 2.05) is 0 Å². The van der Waals surface area contributed by atoms with Crippen molar-refractivity contribution >= 4 is 38.8 Å². The summed E-state index contributed by atoms with van der Waals surface area (Å²) in [7, 11) is 2.93. The molecule has 3 rings (SSSR count). The minimum Gasteiger partial charge on any atom is -0.497 e. The topological polar surface area (TPSA) is 86.5 Å². The SMILES string of the molecule is COc1ccc(NC(=O)c2sc3nc(C(F)(F)F)cc(C)c3c2N)c(OC)c1. The van der Waals surface area contributed by atoms with Crippen molar-refractivity contribution in [2.75, 3.05) is 25.3 Å². The van der Waals surface area contributed by atoms with E-state index in [-0.39, 0.29) is 15.4 Å².